The van der Waals surface area contributed by atoms with Gasteiger partial charge in [-0.1, -0.05) is 6.07 Å². The van der Waals surface area contributed by atoms with Gasteiger partial charge in [-0.15, -0.1) is 0 Å². The van der Waals surface area contributed by atoms with E-state index in [1.165, 1.54) is 5.57 Å². The van der Waals surface area contributed by atoms with E-state index in [4.69, 9.17) is 15.2 Å². The summed E-state index contributed by atoms with van der Waals surface area (Å²) in [7, 11) is 0. The van der Waals surface area contributed by atoms with Crippen LogP contribution in [0.25, 0.3) is 0 Å². The van der Waals surface area contributed by atoms with Crippen LogP contribution < -0.4 is 10.5 Å². The third kappa shape index (κ3) is 1.01. The fourth-order valence-corrected chi connectivity index (χ4v) is 2.44. The number of rotatable bonds is 0. The number of nitrogen functional groups attached to an aromatic ring is 1. The molecule has 2 N–H and O–H groups in total. The van der Waals surface area contributed by atoms with Crippen molar-refractivity contribution in [3.8, 4) is 5.75 Å². The summed E-state index contributed by atoms with van der Waals surface area (Å²) in [5.41, 5.74) is 9.09. The van der Waals surface area contributed by atoms with E-state index in [1.54, 1.807) is 0 Å². The minimum atomic E-state index is 0.229. The van der Waals surface area contributed by atoms with Crippen LogP contribution in [0.3, 0.4) is 0 Å². The fourth-order valence-electron chi connectivity index (χ4n) is 2.44. The number of hydrogen-bond acceptors (Lipinski definition) is 3. The zero-order chi connectivity index (χ0) is 10.7. The van der Waals surface area contributed by atoms with Crippen molar-refractivity contribution in [3.05, 3.63) is 47.2 Å². The number of fused-ring (bicyclic) bond motifs is 3. The lowest BCUT2D eigenvalue weighted by Crippen LogP contribution is -2.17. The number of epoxide rings is 1. The summed E-state index contributed by atoms with van der Waals surface area (Å²) in [5, 5.41) is 0. The van der Waals surface area contributed by atoms with Gasteiger partial charge in [-0.25, -0.2) is 0 Å². The third-order valence-corrected chi connectivity index (χ3v) is 3.38. The average molecular weight is 213 g/mol. The van der Waals surface area contributed by atoms with Crippen LogP contribution in [0.2, 0.25) is 0 Å². The fraction of sp³-hybridized carbons (Fsp3) is 0.231. The van der Waals surface area contributed by atoms with E-state index in [0.717, 1.165) is 29.2 Å². The van der Waals surface area contributed by atoms with E-state index >= 15 is 0 Å². The standard InChI is InChI=1S/C13H11NO2/c14-9-2-1-3-10-7(9)6-8-11(15-10)4-5-12-13(8)16-12/h1-5,12-13H,6,14H2. The number of ether oxygens (including phenoxy) is 2. The highest BCUT2D eigenvalue weighted by Crippen LogP contribution is 2.43. The molecular weight excluding hydrogens is 202 g/mol. The molecular formula is C13H11NO2. The van der Waals surface area contributed by atoms with Crippen molar-refractivity contribution in [2.24, 2.45) is 0 Å². The normalized spacial score (nSPS) is 29.0. The van der Waals surface area contributed by atoms with Gasteiger partial charge < -0.3 is 15.2 Å². The van der Waals surface area contributed by atoms with Gasteiger partial charge in [0.05, 0.1) is 0 Å². The van der Waals surface area contributed by atoms with Gasteiger partial charge in [0.25, 0.3) is 0 Å². The van der Waals surface area contributed by atoms with Gasteiger partial charge in [0.1, 0.15) is 23.7 Å². The molecule has 0 aromatic heterocycles. The van der Waals surface area contributed by atoms with Crippen LogP contribution >= 0.6 is 0 Å². The van der Waals surface area contributed by atoms with Crippen LogP contribution in [0.15, 0.2) is 41.7 Å². The first kappa shape index (κ1) is 8.42. The monoisotopic (exact) mass is 213 g/mol. The highest BCUT2D eigenvalue weighted by molar-refractivity contribution is 5.60. The predicted molar refractivity (Wildman–Crippen MR) is 60.0 cm³/mol. The molecule has 2 atom stereocenters. The van der Waals surface area contributed by atoms with E-state index < -0.39 is 0 Å². The molecule has 1 fully saturated rings. The smallest absolute Gasteiger partial charge is 0.133 e. The molecule has 3 aliphatic rings. The van der Waals surface area contributed by atoms with Crippen molar-refractivity contribution in [2.75, 3.05) is 5.73 Å². The van der Waals surface area contributed by atoms with E-state index in [-0.39, 0.29) is 12.2 Å². The molecule has 2 aliphatic heterocycles. The molecule has 2 heterocycles. The van der Waals surface area contributed by atoms with Gasteiger partial charge >= 0.3 is 0 Å². The molecule has 16 heavy (non-hydrogen) atoms. The highest BCUT2D eigenvalue weighted by Gasteiger charge is 2.45. The number of nitrogens with two attached hydrogens (primary N) is 1. The molecule has 1 aliphatic carbocycles. The summed E-state index contributed by atoms with van der Waals surface area (Å²) in [6, 6.07) is 5.80. The zero-order valence-corrected chi connectivity index (χ0v) is 8.64. The van der Waals surface area contributed by atoms with Crippen molar-refractivity contribution in [1.82, 2.24) is 0 Å². The van der Waals surface area contributed by atoms with Gasteiger partial charge in [0.2, 0.25) is 0 Å². The summed E-state index contributed by atoms with van der Waals surface area (Å²) in [6.45, 7) is 0. The molecule has 2 unspecified atom stereocenters. The Kier molecular flexibility index (Phi) is 1.41. The van der Waals surface area contributed by atoms with Crippen LogP contribution in [-0.4, -0.2) is 12.2 Å². The minimum Gasteiger partial charge on any atom is -0.457 e. The van der Waals surface area contributed by atoms with Crippen molar-refractivity contribution >= 4 is 5.69 Å². The largest absolute Gasteiger partial charge is 0.457 e. The predicted octanol–water partition coefficient (Wildman–Crippen LogP) is 1.79. The molecule has 0 saturated carbocycles. The van der Waals surface area contributed by atoms with Gasteiger partial charge in [-0.2, -0.15) is 0 Å². The molecule has 0 bridgehead atoms. The molecule has 1 aromatic carbocycles. The van der Waals surface area contributed by atoms with Gasteiger partial charge in [-0.3, -0.25) is 0 Å². The Balaban J connectivity index is 1.83. The Morgan fingerprint density at radius 2 is 2.25 bits per heavy atom. The molecule has 0 amide bonds. The average Bonchev–Trinajstić information content (AvgIpc) is 3.07. The topological polar surface area (TPSA) is 47.8 Å². The molecule has 0 radical (unpaired) electrons. The first-order chi connectivity index (χ1) is 7.83. The van der Waals surface area contributed by atoms with Crippen LogP contribution in [0, 0.1) is 0 Å². The Labute approximate surface area is 93.2 Å². The summed E-state index contributed by atoms with van der Waals surface area (Å²) in [6.07, 6.45) is 5.42. The summed E-state index contributed by atoms with van der Waals surface area (Å²) >= 11 is 0. The van der Waals surface area contributed by atoms with Crippen molar-refractivity contribution in [2.45, 2.75) is 18.6 Å². The van der Waals surface area contributed by atoms with Crippen molar-refractivity contribution in [3.63, 3.8) is 0 Å². The lowest BCUT2D eigenvalue weighted by atomic mass is 9.93. The van der Waals surface area contributed by atoms with E-state index in [2.05, 4.69) is 6.08 Å². The molecule has 0 spiro atoms. The van der Waals surface area contributed by atoms with Crippen LogP contribution in [0.5, 0.6) is 5.75 Å². The van der Waals surface area contributed by atoms with Gasteiger partial charge in [-0.05, 0) is 24.3 Å². The van der Waals surface area contributed by atoms with E-state index in [1.807, 2.05) is 24.3 Å². The summed E-state index contributed by atoms with van der Waals surface area (Å²) < 4.78 is 11.4. The second-order valence-corrected chi connectivity index (χ2v) is 4.37. The zero-order valence-electron chi connectivity index (χ0n) is 8.64. The Morgan fingerprint density at radius 3 is 3.19 bits per heavy atom. The number of anilines is 1. The lowest BCUT2D eigenvalue weighted by molar-refractivity contribution is 0.385. The molecule has 1 aromatic rings. The van der Waals surface area contributed by atoms with Crippen molar-refractivity contribution in [1.29, 1.82) is 0 Å². The first-order valence-corrected chi connectivity index (χ1v) is 5.45. The number of allylic oxidation sites excluding steroid dienone is 1. The van der Waals surface area contributed by atoms with Gasteiger partial charge in [0, 0.05) is 23.2 Å². The highest BCUT2D eigenvalue weighted by atomic mass is 16.6. The Bertz CT molecular complexity index is 545. The Morgan fingerprint density at radius 1 is 1.31 bits per heavy atom. The van der Waals surface area contributed by atoms with Crippen molar-refractivity contribution < 1.29 is 9.47 Å². The SMILES string of the molecule is Nc1cccc2c1CC1=C(C=CC3OC13)O2. The molecule has 1 saturated heterocycles. The maximum atomic E-state index is 5.96. The maximum Gasteiger partial charge on any atom is 0.133 e. The van der Waals surface area contributed by atoms with E-state index in [9.17, 15) is 0 Å². The molecule has 4 rings (SSSR count). The van der Waals surface area contributed by atoms with Crippen LogP contribution in [-0.2, 0) is 11.2 Å². The molecule has 3 nitrogen and oxygen atoms in total. The second-order valence-electron chi connectivity index (χ2n) is 4.37. The first-order valence-electron chi connectivity index (χ1n) is 5.45. The van der Waals surface area contributed by atoms with Gasteiger partial charge in [0.15, 0.2) is 0 Å². The third-order valence-electron chi connectivity index (χ3n) is 3.38. The second kappa shape index (κ2) is 2.68. The quantitative estimate of drug-likeness (QED) is 0.528. The number of benzene rings is 1. The lowest BCUT2D eigenvalue weighted by Gasteiger charge is -2.23. The minimum absolute atomic E-state index is 0.229. The molecule has 3 heteroatoms. The summed E-state index contributed by atoms with van der Waals surface area (Å²) in [5.74, 6) is 1.82. The molecule has 80 valence electrons. The number of hydrogen-bond donors (Lipinski definition) is 1. The maximum absolute atomic E-state index is 5.96. The van der Waals surface area contributed by atoms with Crippen LogP contribution in [0.4, 0.5) is 5.69 Å². The van der Waals surface area contributed by atoms with Crippen LogP contribution in [0.1, 0.15) is 5.56 Å². The summed E-state index contributed by atoms with van der Waals surface area (Å²) in [4.78, 5) is 0. The van der Waals surface area contributed by atoms with E-state index in [0.29, 0.717) is 0 Å². The Hall–Kier alpha value is -1.74.